The van der Waals surface area contributed by atoms with E-state index in [-0.39, 0.29) is 0 Å². The molecule has 0 fully saturated rings. The first-order chi connectivity index (χ1) is 11.7. The number of fused-ring (bicyclic) bond motifs is 1. The highest BCUT2D eigenvalue weighted by atomic mass is 19.4. The monoisotopic (exact) mass is 351 g/mol. The van der Waals surface area contributed by atoms with Crippen LogP contribution in [0.15, 0.2) is 42.5 Å². The van der Waals surface area contributed by atoms with Gasteiger partial charge in [0.05, 0.1) is 11.0 Å². The number of benzene rings is 2. The number of imidazole rings is 1. The first-order valence-electron chi connectivity index (χ1n) is 7.26. The number of aromatic nitrogens is 2. The normalized spacial score (nSPS) is 10.9. The average Bonchev–Trinajstić information content (AvgIpc) is 2.93. The number of anilines is 2. The van der Waals surface area contributed by atoms with Crippen molar-refractivity contribution in [1.29, 1.82) is 0 Å². The molecule has 3 aromatic rings. The van der Waals surface area contributed by atoms with E-state index in [4.69, 9.17) is 9.90 Å². The number of nitrogens with one attached hydrogen (secondary N) is 2. The Morgan fingerprint density at radius 3 is 2.16 bits per heavy atom. The molecule has 0 spiro atoms. The summed E-state index contributed by atoms with van der Waals surface area (Å²) in [5.41, 5.74) is 5.58. The number of halogens is 3. The first-order valence-corrected chi connectivity index (χ1v) is 7.26. The third-order valence-corrected chi connectivity index (χ3v) is 3.36. The summed E-state index contributed by atoms with van der Waals surface area (Å²) < 4.78 is 31.7. The van der Waals surface area contributed by atoms with E-state index < -0.39 is 12.1 Å². The molecule has 25 heavy (non-hydrogen) atoms. The van der Waals surface area contributed by atoms with Crippen molar-refractivity contribution in [3.05, 3.63) is 53.6 Å². The Labute approximate surface area is 141 Å². The molecular formula is C17H16F3N3O2. The average molecular weight is 351 g/mol. The lowest BCUT2D eigenvalue weighted by atomic mass is 10.1. The number of carbonyl (C=O) groups is 1. The Hall–Kier alpha value is -3.03. The van der Waals surface area contributed by atoms with Crippen LogP contribution in [0.2, 0.25) is 0 Å². The van der Waals surface area contributed by atoms with Gasteiger partial charge in [-0.2, -0.15) is 13.2 Å². The number of aliphatic carboxylic acids is 1. The van der Waals surface area contributed by atoms with Crippen LogP contribution in [-0.2, 0) is 4.79 Å². The van der Waals surface area contributed by atoms with Gasteiger partial charge in [0.15, 0.2) is 0 Å². The number of aromatic amines is 1. The van der Waals surface area contributed by atoms with Gasteiger partial charge in [-0.15, -0.1) is 0 Å². The van der Waals surface area contributed by atoms with Gasteiger partial charge in [-0.3, -0.25) is 0 Å². The molecule has 0 unspecified atom stereocenters. The van der Waals surface area contributed by atoms with E-state index in [9.17, 15) is 13.2 Å². The molecule has 8 heteroatoms. The van der Waals surface area contributed by atoms with Crippen LogP contribution in [0, 0.1) is 13.8 Å². The Kier molecular flexibility index (Phi) is 5.31. The van der Waals surface area contributed by atoms with Crippen molar-refractivity contribution >= 4 is 28.6 Å². The van der Waals surface area contributed by atoms with Gasteiger partial charge in [0, 0.05) is 5.69 Å². The van der Waals surface area contributed by atoms with Crippen molar-refractivity contribution in [2.45, 2.75) is 20.0 Å². The quantitative estimate of drug-likeness (QED) is 0.633. The van der Waals surface area contributed by atoms with Gasteiger partial charge in [0.1, 0.15) is 0 Å². The summed E-state index contributed by atoms with van der Waals surface area (Å²) in [5, 5.41) is 10.5. The molecule has 0 aliphatic heterocycles. The molecule has 0 aliphatic carbocycles. The predicted molar refractivity (Wildman–Crippen MR) is 89.0 cm³/mol. The Morgan fingerprint density at radius 1 is 1.08 bits per heavy atom. The fourth-order valence-corrected chi connectivity index (χ4v) is 2.14. The minimum atomic E-state index is -5.08. The molecule has 0 amide bonds. The highest BCUT2D eigenvalue weighted by Crippen LogP contribution is 2.24. The molecular weight excluding hydrogens is 335 g/mol. The number of nitrogens with zero attached hydrogens (tertiary/aromatic N) is 1. The second-order valence-corrected chi connectivity index (χ2v) is 5.30. The van der Waals surface area contributed by atoms with Crippen LogP contribution < -0.4 is 5.32 Å². The lowest BCUT2D eigenvalue weighted by Crippen LogP contribution is -2.21. The van der Waals surface area contributed by atoms with Crippen molar-refractivity contribution < 1.29 is 23.1 Å². The number of hydrogen-bond donors (Lipinski definition) is 3. The SMILES string of the molecule is Cc1cccc(C)c1Nc1nc2ccccc2[nH]1.O=C(O)C(F)(F)F. The maximum absolute atomic E-state index is 10.6. The number of alkyl halides is 3. The van der Waals surface area contributed by atoms with E-state index in [1.165, 1.54) is 11.1 Å². The summed E-state index contributed by atoms with van der Waals surface area (Å²) >= 11 is 0. The Balaban J connectivity index is 0.000000277. The topological polar surface area (TPSA) is 78.0 Å². The summed E-state index contributed by atoms with van der Waals surface area (Å²) in [4.78, 5) is 16.7. The summed E-state index contributed by atoms with van der Waals surface area (Å²) in [7, 11) is 0. The van der Waals surface area contributed by atoms with Gasteiger partial charge >= 0.3 is 12.1 Å². The van der Waals surface area contributed by atoms with Crippen molar-refractivity contribution in [3.8, 4) is 0 Å². The lowest BCUT2D eigenvalue weighted by Gasteiger charge is -2.09. The number of H-pyrrole nitrogens is 1. The number of rotatable bonds is 2. The van der Waals surface area contributed by atoms with Crippen LogP contribution in [0.4, 0.5) is 24.8 Å². The third-order valence-electron chi connectivity index (χ3n) is 3.36. The van der Waals surface area contributed by atoms with Crippen molar-refractivity contribution in [3.63, 3.8) is 0 Å². The number of carboxylic acids is 1. The van der Waals surface area contributed by atoms with Crippen LogP contribution in [0.5, 0.6) is 0 Å². The number of para-hydroxylation sites is 3. The number of hydrogen-bond acceptors (Lipinski definition) is 3. The molecule has 1 heterocycles. The van der Waals surface area contributed by atoms with Gasteiger partial charge in [0.2, 0.25) is 5.95 Å². The van der Waals surface area contributed by atoms with Crippen molar-refractivity contribution in [2.75, 3.05) is 5.32 Å². The summed E-state index contributed by atoms with van der Waals surface area (Å²) in [6.07, 6.45) is -5.08. The highest BCUT2D eigenvalue weighted by Gasteiger charge is 2.38. The fraction of sp³-hybridized carbons (Fsp3) is 0.176. The minimum absolute atomic E-state index is 0.786. The zero-order valence-electron chi connectivity index (χ0n) is 13.5. The maximum atomic E-state index is 10.6. The van der Waals surface area contributed by atoms with E-state index >= 15 is 0 Å². The van der Waals surface area contributed by atoms with E-state index in [2.05, 4.69) is 47.3 Å². The van der Waals surface area contributed by atoms with Crippen LogP contribution in [-0.4, -0.2) is 27.2 Å². The molecule has 3 N–H and O–H groups in total. The predicted octanol–water partition coefficient (Wildman–Crippen LogP) is 4.56. The van der Waals surface area contributed by atoms with E-state index in [0.717, 1.165) is 22.7 Å². The van der Waals surface area contributed by atoms with Gasteiger partial charge in [-0.1, -0.05) is 30.3 Å². The first kappa shape index (κ1) is 18.3. The fourth-order valence-electron chi connectivity index (χ4n) is 2.14. The molecule has 1 aromatic heterocycles. The van der Waals surface area contributed by atoms with Crippen LogP contribution in [0.3, 0.4) is 0 Å². The van der Waals surface area contributed by atoms with E-state index in [1.54, 1.807) is 0 Å². The smallest absolute Gasteiger partial charge is 0.475 e. The molecule has 0 saturated carbocycles. The van der Waals surface area contributed by atoms with Gasteiger partial charge in [-0.25, -0.2) is 9.78 Å². The van der Waals surface area contributed by atoms with Crippen LogP contribution >= 0.6 is 0 Å². The zero-order chi connectivity index (χ0) is 18.6. The molecule has 132 valence electrons. The van der Waals surface area contributed by atoms with Crippen molar-refractivity contribution in [1.82, 2.24) is 9.97 Å². The van der Waals surface area contributed by atoms with E-state index in [0.29, 0.717) is 0 Å². The standard InChI is InChI=1S/C15H15N3.C2HF3O2/c1-10-6-5-7-11(2)14(10)18-15-16-12-8-3-4-9-13(12)17-15;3-2(4,5)1(6)7/h3-9H,1-2H3,(H2,16,17,18);(H,6,7). The Bertz CT molecular complexity index is 835. The largest absolute Gasteiger partial charge is 0.490 e. The van der Waals surface area contributed by atoms with Gasteiger partial charge in [0.25, 0.3) is 0 Å². The lowest BCUT2D eigenvalue weighted by molar-refractivity contribution is -0.192. The van der Waals surface area contributed by atoms with Crippen LogP contribution in [0.1, 0.15) is 11.1 Å². The molecule has 0 radical (unpaired) electrons. The van der Waals surface area contributed by atoms with Gasteiger partial charge in [-0.05, 0) is 37.1 Å². The Morgan fingerprint density at radius 2 is 1.64 bits per heavy atom. The molecule has 2 aromatic carbocycles. The third kappa shape index (κ3) is 4.72. The second kappa shape index (κ2) is 7.25. The zero-order valence-corrected chi connectivity index (χ0v) is 13.5. The molecule has 0 atom stereocenters. The van der Waals surface area contributed by atoms with E-state index in [1.807, 2.05) is 24.3 Å². The van der Waals surface area contributed by atoms with Crippen LogP contribution in [0.25, 0.3) is 11.0 Å². The molecule has 0 aliphatic rings. The molecule has 0 bridgehead atoms. The van der Waals surface area contributed by atoms with Gasteiger partial charge < -0.3 is 15.4 Å². The summed E-state index contributed by atoms with van der Waals surface area (Å²) in [6, 6.07) is 14.3. The second-order valence-electron chi connectivity index (χ2n) is 5.30. The molecule has 3 rings (SSSR count). The maximum Gasteiger partial charge on any atom is 0.490 e. The number of aryl methyl sites for hydroxylation is 2. The molecule has 0 saturated heterocycles. The minimum Gasteiger partial charge on any atom is -0.475 e. The summed E-state index contributed by atoms with van der Waals surface area (Å²) in [5.74, 6) is -1.97. The number of carboxylic acid groups (broad SMARTS) is 1. The van der Waals surface area contributed by atoms with Crippen molar-refractivity contribution in [2.24, 2.45) is 0 Å². The summed E-state index contributed by atoms with van der Waals surface area (Å²) in [6.45, 7) is 4.19. The highest BCUT2D eigenvalue weighted by molar-refractivity contribution is 5.78. The molecule has 5 nitrogen and oxygen atoms in total.